The molecule has 0 spiro atoms. The quantitative estimate of drug-likeness (QED) is 0.843. The van der Waals surface area contributed by atoms with E-state index in [1.54, 1.807) is 6.33 Å². The Kier molecular flexibility index (Phi) is 3.76. The van der Waals surface area contributed by atoms with Crippen LogP contribution in [0.25, 0.3) is 0 Å². The fourth-order valence-corrected chi connectivity index (χ4v) is 1.64. The van der Waals surface area contributed by atoms with E-state index in [9.17, 15) is 0 Å². The van der Waals surface area contributed by atoms with Gasteiger partial charge in [-0.05, 0) is 20.8 Å². The third-order valence-corrected chi connectivity index (χ3v) is 2.54. The first-order valence-corrected chi connectivity index (χ1v) is 5.92. The lowest BCUT2D eigenvalue weighted by Crippen LogP contribution is -2.07. The first-order chi connectivity index (χ1) is 8.70. The summed E-state index contributed by atoms with van der Waals surface area (Å²) in [6.07, 6.45) is 1.54. The molecular weight excluding hydrogens is 230 g/mol. The van der Waals surface area contributed by atoms with E-state index in [1.165, 1.54) is 0 Å². The first kappa shape index (κ1) is 12.3. The van der Waals surface area contributed by atoms with E-state index in [-0.39, 0.29) is 0 Å². The number of aromatic nitrogens is 3. The van der Waals surface area contributed by atoms with Crippen LogP contribution >= 0.6 is 0 Å². The van der Waals surface area contributed by atoms with Gasteiger partial charge >= 0.3 is 0 Å². The molecule has 0 aliphatic carbocycles. The number of hydrogen-bond donors (Lipinski definition) is 2. The van der Waals surface area contributed by atoms with Crippen LogP contribution in [-0.2, 0) is 6.54 Å². The summed E-state index contributed by atoms with van der Waals surface area (Å²) in [6, 6.07) is 1.90. The minimum atomic E-state index is 0.560. The van der Waals surface area contributed by atoms with E-state index in [2.05, 4.69) is 25.8 Å². The molecule has 2 N–H and O–H groups in total. The van der Waals surface area contributed by atoms with Gasteiger partial charge < -0.3 is 15.2 Å². The Morgan fingerprint density at radius 1 is 1.17 bits per heavy atom. The standard InChI is InChI=1S/C12H17N5O/c1-4-13-11-9(3)12(16-7-15-11)14-6-10-5-8(2)17-18-10/h5,7H,4,6H2,1-3H3,(H2,13,14,15,16). The van der Waals surface area contributed by atoms with E-state index in [0.29, 0.717) is 6.54 Å². The van der Waals surface area contributed by atoms with E-state index in [0.717, 1.165) is 35.2 Å². The summed E-state index contributed by atoms with van der Waals surface area (Å²) >= 11 is 0. The molecule has 96 valence electrons. The number of nitrogens with zero attached hydrogens (tertiary/aromatic N) is 3. The summed E-state index contributed by atoms with van der Waals surface area (Å²) in [7, 11) is 0. The predicted octanol–water partition coefficient (Wildman–Crippen LogP) is 2.13. The van der Waals surface area contributed by atoms with Crippen molar-refractivity contribution in [1.29, 1.82) is 0 Å². The second kappa shape index (κ2) is 5.48. The maximum atomic E-state index is 5.13. The maximum absolute atomic E-state index is 5.13. The molecule has 2 aromatic heterocycles. The molecule has 0 aliphatic heterocycles. The molecule has 0 aromatic carbocycles. The molecule has 6 nitrogen and oxygen atoms in total. The molecule has 0 saturated carbocycles. The van der Waals surface area contributed by atoms with Crippen molar-refractivity contribution in [3.05, 3.63) is 29.4 Å². The molecule has 0 amide bonds. The molecule has 0 atom stereocenters. The van der Waals surface area contributed by atoms with Crippen LogP contribution in [0.2, 0.25) is 0 Å². The van der Waals surface area contributed by atoms with Crippen LogP contribution in [0.5, 0.6) is 0 Å². The van der Waals surface area contributed by atoms with Gasteiger partial charge in [-0.2, -0.15) is 0 Å². The zero-order chi connectivity index (χ0) is 13.0. The highest BCUT2D eigenvalue weighted by Crippen LogP contribution is 2.18. The predicted molar refractivity (Wildman–Crippen MR) is 69.5 cm³/mol. The van der Waals surface area contributed by atoms with Gasteiger partial charge in [-0.3, -0.25) is 0 Å². The Morgan fingerprint density at radius 2 is 1.89 bits per heavy atom. The Balaban J connectivity index is 2.07. The largest absolute Gasteiger partial charge is 0.370 e. The smallest absolute Gasteiger partial charge is 0.156 e. The van der Waals surface area contributed by atoms with Crippen LogP contribution in [0, 0.1) is 13.8 Å². The van der Waals surface area contributed by atoms with Crippen molar-refractivity contribution in [2.45, 2.75) is 27.3 Å². The molecule has 0 radical (unpaired) electrons. The van der Waals surface area contributed by atoms with E-state index in [1.807, 2.05) is 26.8 Å². The number of hydrogen-bond acceptors (Lipinski definition) is 6. The number of rotatable bonds is 5. The monoisotopic (exact) mass is 247 g/mol. The van der Waals surface area contributed by atoms with Crippen molar-refractivity contribution >= 4 is 11.6 Å². The zero-order valence-electron chi connectivity index (χ0n) is 10.8. The van der Waals surface area contributed by atoms with Gasteiger partial charge in [-0.25, -0.2) is 9.97 Å². The number of aryl methyl sites for hydroxylation is 1. The van der Waals surface area contributed by atoms with Gasteiger partial charge in [0.1, 0.15) is 18.0 Å². The summed E-state index contributed by atoms with van der Waals surface area (Å²) in [5.74, 6) is 2.44. The molecule has 2 aromatic rings. The van der Waals surface area contributed by atoms with Gasteiger partial charge in [0.05, 0.1) is 12.2 Å². The molecule has 2 rings (SSSR count). The molecule has 0 saturated heterocycles. The average Bonchev–Trinajstić information content (AvgIpc) is 2.77. The normalized spacial score (nSPS) is 10.4. The second-order valence-electron chi connectivity index (χ2n) is 4.01. The van der Waals surface area contributed by atoms with E-state index in [4.69, 9.17) is 4.52 Å². The lowest BCUT2D eigenvalue weighted by atomic mass is 10.3. The van der Waals surface area contributed by atoms with Crippen LogP contribution in [0.4, 0.5) is 11.6 Å². The van der Waals surface area contributed by atoms with Crippen molar-refractivity contribution in [2.24, 2.45) is 0 Å². The zero-order valence-corrected chi connectivity index (χ0v) is 10.8. The minimum Gasteiger partial charge on any atom is -0.370 e. The van der Waals surface area contributed by atoms with Gasteiger partial charge in [-0.15, -0.1) is 0 Å². The molecule has 2 heterocycles. The van der Waals surface area contributed by atoms with Gasteiger partial charge in [-0.1, -0.05) is 5.16 Å². The molecule has 6 heteroatoms. The SMILES string of the molecule is CCNc1ncnc(NCc2cc(C)no2)c1C. The Labute approximate surface area is 106 Å². The lowest BCUT2D eigenvalue weighted by molar-refractivity contribution is 0.384. The van der Waals surface area contributed by atoms with Crippen LogP contribution in [-0.4, -0.2) is 21.7 Å². The van der Waals surface area contributed by atoms with E-state index < -0.39 is 0 Å². The van der Waals surface area contributed by atoms with Crippen molar-refractivity contribution in [1.82, 2.24) is 15.1 Å². The third-order valence-electron chi connectivity index (χ3n) is 2.54. The molecule has 0 bridgehead atoms. The molecule has 0 aliphatic rings. The Bertz CT molecular complexity index is 523. The third kappa shape index (κ3) is 2.77. The van der Waals surface area contributed by atoms with Gasteiger partial charge in [0, 0.05) is 18.2 Å². The van der Waals surface area contributed by atoms with Crippen LogP contribution in [0.3, 0.4) is 0 Å². The summed E-state index contributed by atoms with van der Waals surface area (Å²) in [5.41, 5.74) is 1.87. The lowest BCUT2D eigenvalue weighted by Gasteiger charge is -2.10. The highest BCUT2D eigenvalue weighted by molar-refractivity contribution is 5.56. The van der Waals surface area contributed by atoms with Crippen molar-refractivity contribution < 1.29 is 4.52 Å². The fourth-order valence-electron chi connectivity index (χ4n) is 1.64. The Hall–Kier alpha value is -2.11. The summed E-state index contributed by atoms with van der Waals surface area (Å²) < 4.78 is 5.13. The summed E-state index contributed by atoms with van der Waals surface area (Å²) in [6.45, 7) is 7.30. The van der Waals surface area contributed by atoms with Gasteiger partial charge in [0.15, 0.2) is 5.76 Å². The van der Waals surface area contributed by atoms with Gasteiger partial charge in [0.2, 0.25) is 0 Å². The fraction of sp³-hybridized carbons (Fsp3) is 0.417. The summed E-state index contributed by atoms with van der Waals surface area (Å²) in [4.78, 5) is 8.41. The Morgan fingerprint density at radius 3 is 2.50 bits per heavy atom. The maximum Gasteiger partial charge on any atom is 0.156 e. The molecule has 0 fully saturated rings. The number of anilines is 2. The van der Waals surface area contributed by atoms with Crippen molar-refractivity contribution in [2.75, 3.05) is 17.2 Å². The van der Waals surface area contributed by atoms with Crippen LogP contribution in [0.1, 0.15) is 23.9 Å². The van der Waals surface area contributed by atoms with Crippen LogP contribution in [0.15, 0.2) is 16.9 Å². The van der Waals surface area contributed by atoms with Crippen molar-refractivity contribution in [3.63, 3.8) is 0 Å². The molecule has 0 unspecified atom stereocenters. The molecular formula is C12H17N5O. The minimum absolute atomic E-state index is 0.560. The van der Waals surface area contributed by atoms with Gasteiger partial charge in [0.25, 0.3) is 0 Å². The topological polar surface area (TPSA) is 75.9 Å². The second-order valence-corrected chi connectivity index (χ2v) is 4.01. The number of nitrogens with one attached hydrogen (secondary N) is 2. The highest BCUT2D eigenvalue weighted by atomic mass is 16.5. The first-order valence-electron chi connectivity index (χ1n) is 5.92. The van der Waals surface area contributed by atoms with Crippen molar-refractivity contribution in [3.8, 4) is 0 Å². The highest BCUT2D eigenvalue weighted by Gasteiger charge is 2.07. The van der Waals surface area contributed by atoms with E-state index >= 15 is 0 Å². The molecule has 18 heavy (non-hydrogen) atoms. The average molecular weight is 247 g/mol. The summed E-state index contributed by atoms with van der Waals surface area (Å²) in [5, 5.41) is 10.2. The van der Waals surface area contributed by atoms with Crippen LogP contribution < -0.4 is 10.6 Å².